The third kappa shape index (κ3) is 5.32. The summed E-state index contributed by atoms with van der Waals surface area (Å²) in [5.41, 5.74) is -0.156. The fourth-order valence-corrected chi connectivity index (χ4v) is 2.76. The molecule has 9 heteroatoms. The van der Waals surface area contributed by atoms with Crippen molar-refractivity contribution in [2.24, 2.45) is 0 Å². The highest BCUT2D eigenvalue weighted by Crippen LogP contribution is 2.35. The molecule has 1 aliphatic rings. The highest BCUT2D eigenvalue weighted by Gasteiger charge is 2.32. The first-order valence-corrected chi connectivity index (χ1v) is 7.93. The largest absolute Gasteiger partial charge is 0.416 e. The molecule has 0 atom stereocenters. The Morgan fingerprint density at radius 2 is 1.96 bits per heavy atom. The van der Waals surface area contributed by atoms with Crippen molar-refractivity contribution in [1.82, 2.24) is 4.90 Å². The number of anilines is 2. The van der Waals surface area contributed by atoms with Crippen molar-refractivity contribution in [2.45, 2.75) is 6.18 Å². The topological polar surface area (TPSA) is 65.0 Å². The van der Waals surface area contributed by atoms with Crippen molar-refractivity contribution in [3.05, 3.63) is 23.8 Å². The minimum Gasteiger partial charge on any atom is -0.395 e. The van der Waals surface area contributed by atoms with Crippen molar-refractivity contribution in [3.63, 3.8) is 0 Å². The summed E-state index contributed by atoms with van der Waals surface area (Å²) in [6.07, 6.45) is -4.49. The zero-order valence-corrected chi connectivity index (χ0v) is 14.0. The minimum atomic E-state index is -4.49. The Kier molecular flexibility index (Phi) is 6.63. The maximum Gasteiger partial charge on any atom is 0.416 e. The smallest absolute Gasteiger partial charge is 0.395 e. The van der Waals surface area contributed by atoms with E-state index in [-0.39, 0.29) is 18.9 Å². The van der Waals surface area contributed by atoms with Crippen LogP contribution in [0.2, 0.25) is 0 Å². The average molecular weight is 361 g/mol. The Balaban J connectivity index is 2.22. The van der Waals surface area contributed by atoms with Gasteiger partial charge in [-0.1, -0.05) is 0 Å². The molecule has 1 fully saturated rings. The molecule has 140 valence electrons. The number of ether oxygens (including phenoxy) is 1. The molecular weight excluding hydrogens is 339 g/mol. The summed E-state index contributed by atoms with van der Waals surface area (Å²) < 4.78 is 43.7. The van der Waals surface area contributed by atoms with Crippen molar-refractivity contribution >= 4 is 17.3 Å². The molecule has 0 radical (unpaired) electrons. The van der Waals surface area contributed by atoms with Crippen LogP contribution in [0.5, 0.6) is 0 Å². The number of β-amino-alcohol motifs (C(OH)–C–C–N with tert-alkyl or cyclic N) is 1. The molecule has 0 spiro atoms. The van der Waals surface area contributed by atoms with Crippen LogP contribution in [-0.2, 0) is 15.7 Å². The minimum absolute atomic E-state index is 0.0681. The first-order valence-electron chi connectivity index (χ1n) is 7.93. The van der Waals surface area contributed by atoms with Crippen LogP contribution in [0.15, 0.2) is 18.2 Å². The van der Waals surface area contributed by atoms with E-state index in [9.17, 15) is 18.0 Å². The van der Waals surface area contributed by atoms with E-state index in [0.717, 1.165) is 12.1 Å². The Labute approximate surface area is 144 Å². The number of carbonyl (C=O) groups excluding carboxylic acids is 1. The van der Waals surface area contributed by atoms with Gasteiger partial charge in [-0.3, -0.25) is 9.69 Å². The number of methoxy groups -OCH3 is 1. The van der Waals surface area contributed by atoms with Crippen LogP contribution >= 0.6 is 0 Å². The van der Waals surface area contributed by atoms with Crippen molar-refractivity contribution < 1.29 is 27.8 Å². The van der Waals surface area contributed by atoms with Gasteiger partial charge in [-0.2, -0.15) is 13.2 Å². The van der Waals surface area contributed by atoms with Crippen LogP contribution in [0.4, 0.5) is 24.5 Å². The van der Waals surface area contributed by atoms with Gasteiger partial charge in [-0.05, 0) is 18.2 Å². The Morgan fingerprint density at radius 1 is 1.28 bits per heavy atom. The molecule has 1 aromatic carbocycles. The van der Waals surface area contributed by atoms with Gasteiger partial charge in [0.15, 0.2) is 0 Å². The Morgan fingerprint density at radius 3 is 2.52 bits per heavy atom. The number of alkyl halides is 3. The third-order valence-electron chi connectivity index (χ3n) is 4.00. The number of hydrogen-bond donors (Lipinski definition) is 2. The molecule has 2 N–H and O–H groups in total. The van der Waals surface area contributed by atoms with Crippen LogP contribution in [0, 0.1) is 0 Å². The van der Waals surface area contributed by atoms with Crippen LogP contribution in [-0.4, -0.2) is 69.0 Å². The molecule has 2 rings (SSSR count). The highest BCUT2D eigenvalue weighted by atomic mass is 19.4. The molecule has 1 heterocycles. The van der Waals surface area contributed by atoms with Gasteiger partial charge in [0.05, 0.1) is 23.5 Å². The molecule has 0 saturated carbocycles. The number of rotatable bonds is 6. The molecule has 1 amide bonds. The Bertz CT molecular complexity index is 588. The first-order chi connectivity index (χ1) is 11.8. The van der Waals surface area contributed by atoms with E-state index in [2.05, 4.69) is 10.2 Å². The standard InChI is InChI=1S/C16H22F3N3O3/c1-25-11-15(24)20-13-10-12(16(17,18)19)2-3-14(13)22-6-4-21(5-7-22)8-9-23/h2-3,10,23H,4-9,11H2,1H3,(H,20,24). The maximum atomic E-state index is 13.0. The zero-order valence-electron chi connectivity index (χ0n) is 14.0. The van der Waals surface area contributed by atoms with Gasteiger partial charge < -0.3 is 20.1 Å². The summed E-state index contributed by atoms with van der Waals surface area (Å²) in [4.78, 5) is 15.8. The second-order valence-corrected chi connectivity index (χ2v) is 5.76. The van der Waals surface area contributed by atoms with Gasteiger partial charge in [0.1, 0.15) is 6.61 Å². The Hall–Kier alpha value is -1.84. The summed E-state index contributed by atoms with van der Waals surface area (Å²) in [5.74, 6) is -0.512. The second kappa shape index (κ2) is 8.50. The van der Waals surface area contributed by atoms with E-state index in [0.29, 0.717) is 38.4 Å². The summed E-state index contributed by atoms with van der Waals surface area (Å²) in [6.45, 7) is 2.97. The molecule has 1 aliphatic heterocycles. The number of hydrogen-bond acceptors (Lipinski definition) is 5. The van der Waals surface area contributed by atoms with E-state index >= 15 is 0 Å². The number of benzene rings is 1. The molecule has 0 bridgehead atoms. The van der Waals surface area contributed by atoms with Crippen LogP contribution < -0.4 is 10.2 Å². The average Bonchev–Trinajstić information content (AvgIpc) is 2.55. The number of carbonyl (C=O) groups is 1. The highest BCUT2D eigenvalue weighted by molar-refractivity contribution is 5.95. The quantitative estimate of drug-likeness (QED) is 0.802. The number of aliphatic hydroxyl groups is 1. The lowest BCUT2D eigenvalue weighted by Crippen LogP contribution is -2.47. The summed E-state index contributed by atoms with van der Waals surface area (Å²) in [7, 11) is 1.34. The lowest BCUT2D eigenvalue weighted by atomic mass is 10.1. The number of amides is 1. The number of nitrogens with zero attached hydrogens (tertiary/aromatic N) is 2. The third-order valence-corrected chi connectivity index (χ3v) is 4.00. The molecular formula is C16H22F3N3O3. The van der Waals surface area contributed by atoms with Gasteiger partial charge in [-0.15, -0.1) is 0 Å². The summed E-state index contributed by atoms with van der Waals surface area (Å²) in [5, 5.41) is 11.5. The summed E-state index contributed by atoms with van der Waals surface area (Å²) in [6, 6.07) is 3.34. The van der Waals surface area contributed by atoms with Gasteiger partial charge in [0.2, 0.25) is 5.91 Å². The van der Waals surface area contributed by atoms with E-state index in [1.807, 2.05) is 4.90 Å². The fraction of sp³-hybridized carbons (Fsp3) is 0.562. The number of piperazine rings is 1. The molecule has 1 saturated heterocycles. The number of halogens is 3. The van der Waals surface area contributed by atoms with Crippen molar-refractivity contribution in [1.29, 1.82) is 0 Å². The van der Waals surface area contributed by atoms with E-state index in [4.69, 9.17) is 9.84 Å². The molecule has 25 heavy (non-hydrogen) atoms. The van der Waals surface area contributed by atoms with E-state index in [1.54, 1.807) is 0 Å². The SMILES string of the molecule is COCC(=O)Nc1cc(C(F)(F)F)ccc1N1CCN(CCO)CC1. The monoisotopic (exact) mass is 361 g/mol. The molecule has 0 unspecified atom stereocenters. The second-order valence-electron chi connectivity index (χ2n) is 5.76. The van der Waals surface area contributed by atoms with Gasteiger partial charge in [-0.25, -0.2) is 0 Å². The predicted molar refractivity (Wildman–Crippen MR) is 87.7 cm³/mol. The van der Waals surface area contributed by atoms with Gasteiger partial charge in [0, 0.05) is 39.8 Å². The lowest BCUT2D eigenvalue weighted by Gasteiger charge is -2.36. The van der Waals surface area contributed by atoms with Gasteiger partial charge in [0.25, 0.3) is 0 Å². The molecule has 1 aromatic rings. The van der Waals surface area contributed by atoms with Crippen molar-refractivity contribution in [2.75, 3.05) is 63.3 Å². The maximum absolute atomic E-state index is 13.0. The molecule has 0 aliphatic carbocycles. The predicted octanol–water partition coefficient (Wildman–Crippen LogP) is 1.40. The van der Waals surface area contributed by atoms with Crippen LogP contribution in [0.1, 0.15) is 5.56 Å². The van der Waals surface area contributed by atoms with E-state index in [1.165, 1.54) is 13.2 Å². The fourth-order valence-electron chi connectivity index (χ4n) is 2.76. The number of aliphatic hydroxyl groups excluding tert-OH is 1. The molecule has 6 nitrogen and oxygen atoms in total. The first kappa shape index (κ1) is 19.5. The normalized spacial score (nSPS) is 16.1. The summed E-state index contributed by atoms with van der Waals surface area (Å²) >= 11 is 0. The van der Waals surface area contributed by atoms with Gasteiger partial charge >= 0.3 is 6.18 Å². The van der Waals surface area contributed by atoms with Crippen LogP contribution in [0.25, 0.3) is 0 Å². The van der Waals surface area contributed by atoms with E-state index < -0.39 is 17.6 Å². The zero-order chi connectivity index (χ0) is 18.4. The number of nitrogens with one attached hydrogen (secondary N) is 1. The van der Waals surface area contributed by atoms with Crippen LogP contribution in [0.3, 0.4) is 0 Å². The molecule has 0 aromatic heterocycles. The lowest BCUT2D eigenvalue weighted by molar-refractivity contribution is -0.137. The van der Waals surface area contributed by atoms with Crippen molar-refractivity contribution in [3.8, 4) is 0 Å².